The summed E-state index contributed by atoms with van der Waals surface area (Å²) in [7, 11) is -4.02. The van der Waals surface area contributed by atoms with Gasteiger partial charge in [-0.3, -0.25) is 15.0 Å². The number of benzene rings is 2. The van der Waals surface area contributed by atoms with Gasteiger partial charge in [-0.25, -0.2) is 8.42 Å². The van der Waals surface area contributed by atoms with E-state index in [4.69, 9.17) is 27.9 Å². The summed E-state index contributed by atoms with van der Waals surface area (Å²) < 4.78 is 34.1. The van der Waals surface area contributed by atoms with Gasteiger partial charge < -0.3 is 4.74 Å². The van der Waals surface area contributed by atoms with Crippen LogP contribution in [-0.2, 0) is 10.0 Å². The monoisotopic (exact) mass is 485 g/mol. The van der Waals surface area contributed by atoms with E-state index >= 15 is 0 Å². The Morgan fingerprint density at radius 1 is 1.03 bits per heavy atom. The number of nitrogens with zero attached hydrogens (tertiary/aromatic N) is 3. The molecule has 2 aromatic carbocycles. The largest absolute Gasteiger partial charge is 0.456 e. The molecule has 2 aliphatic rings. The van der Waals surface area contributed by atoms with Crippen LogP contribution in [0.1, 0.15) is 19.3 Å². The van der Waals surface area contributed by atoms with Crippen molar-refractivity contribution in [2.45, 2.75) is 30.2 Å². The fourth-order valence-corrected chi connectivity index (χ4v) is 6.22. The molecule has 0 bridgehead atoms. The van der Waals surface area contributed by atoms with Crippen LogP contribution in [-0.4, -0.2) is 54.8 Å². The number of sulfonamides is 1. The van der Waals surface area contributed by atoms with Crippen LogP contribution in [0.4, 0.5) is 5.69 Å². The SMILES string of the molecule is O=[N+]([O-])c1ccc(Oc2cc(Cl)cc(Cl)c2)c(S(=O)(=O)N2CCC(N3CCCC3)C2)c1. The zero-order valence-electron chi connectivity index (χ0n) is 16.5. The summed E-state index contributed by atoms with van der Waals surface area (Å²) in [5.41, 5.74) is -0.328. The van der Waals surface area contributed by atoms with Crippen LogP contribution in [0, 0.1) is 10.1 Å². The number of non-ortho nitro benzene ring substituents is 1. The summed E-state index contributed by atoms with van der Waals surface area (Å²) in [5, 5.41) is 11.9. The molecule has 0 aromatic heterocycles. The van der Waals surface area contributed by atoms with E-state index in [-0.39, 0.29) is 28.1 Å². The minimum absolute atomic E-state index is 0.0199. The number of hydrogen-bond acceptors (Lipinski definition) is 6. The molecule has 166 valence electrons. The third-order valence-corrected chi connectivity index (χ3v) is 7.93. The molecule has 0 radical (unpaired) electrons. The van der Waals surface area contributed by atoms with E-state index in [1.807, 2.05) is 0 Å². The molecule has 2 fully saturated rings. The topological polar surface area (TPSA) is 93.0 Å². The molecule has 4 rings (SSSR count). The molecule has 0 saturated carbocycles. The highest BCUT2D eigenvalue weighted by Crippen LogP contribution is 2.37. The normalized spacial score (nSPS) is 20.3. The van der Waals surface area contributed by atoms with Gasteiger partial charge in [0.1, 0.15) is 16.4 Å². The lowest BCUT2D eigenvalue weighted by molar-refractivity contribution is -0.385. The van der Waals surface area contributed by atoms with E-state index in [2.05, 4.69) is 4.90 Å². The third-order valence-electron chi connectivity index (χ3n) is 5.60. The highest BCUT2D eigenvalue weighted by atomic mass is 35.5. The fourth-order valence-electron chi connectivity index (χ4n) is 4.08. The van der Waals surface area contributed by atoms with Gasteiger partial charge in [0, 0.05) is 41.3 Å². The van der Waals surface area contributed by atoms with Crippen molar-refractivity contribution in [3.05, 3.63) is 56.6 Å². The molecule has 1 atom stereocenters. The molecule has 1 unspecified atom stereocenters. The second-order valence-electron chi connectivity index (χ2n) is 7.64. The van der Waals surface area contributed by atoms with Crippen molar-refractivity contribution >= 4 is 38.9 Å². The predicted molar refractivity (Wildman–Crippen MR) is 118 cm³/mol. The Morgan fingerprint density at radius 3 is 2.35 bits per heavy atom. The van der Waals surface area contributed by atoms with Gasteiger partial charge in [0.2, 0.25) is 10.0 Å². The molecule has 2 aliphatic heterocycles. The Kier molecular flexibility index (Phi) is 6.41. The minimum Gasteiger partial charge on any atom is -0.456 e. The average Bonchev–Trinajstić information content (AvgIpc) is 3.39. The van der Waals surface area contributed by atoms with Crippen LogP contribution >= 0.6 is 23.2 Å². The maximum absolute atomic E-state index is 13.5. The average molecular weight is 486 g/mol. The summed E-state index contributed by atoms with van der Waals surface area (Å²) in [6.07, 6.45) is 2.97. The van der Waals surface area contributed by atoms with E-state index in [1.165, 1.54) is 34.6 Å². The Labute approximate surface area is 190 Å². The van der Waals surface area contributed by atoms with Crippen molar-refractivity contribution in [1.29, 1.82) is 0 Å². The van der Waals surface area contributed by atoms with E-state index < -0.39 is 14.9 Å². The molecule has 0 aliphatic carbocycles. The maximum Gasteiger partial charge on any atom is 0.271 e. The lowest BCUT2D eigenvalue weighted by atomic mass is 10.2. The number of likely N-dealkylation sites (tertiary alicyclic amines) is 1. The quantitative estimate of drug-likeness (QED) is 0.439. The van der Waals surface area contributed by atoms with Crippen molar-refractivity contribution in [2.75, 3.05) is 26.2 Å². The van der Waals surface area contributed by atoms with E-state index in [0.717, 1.165) is 38.4 Å². The van der Waals surface area contributed by atoms with Crippen molar-refractivity contribution in [3.8, 4) is 11.5 Å². The van der Waals surface area contributed by atoms with Crippen LogP contribution in [0.25, 0.3) is 0 Å². The van der Waals surface area contributed by atoms with Gasteiger partial charge in [0.05, 0.1) is 4.92 Å². The smallest absolute Gasteiger partial charge is 0.271 e. The lowest BCUT2D eigenvalue weighted by Crippen LogP contribution is -2.37. The Balaban J connectivity index is 1.67. The molecule has 2 heterocycles. The standard InChI is InChI=1S/C20H21Cl2N3O5S/c21-14-9-15(22)11-18(10-14)30-19-4-3-16(25(26)27)12-20(19)31(28,29)24-8-5-17(13-24)23-6-1-2-7-23/h3-4,9-12,17H,1-2,5-8,13H2. The zero-order chi connectivity index (χ0) is 22.2. The Bertz CT molecular complexity index is 1090. The van der Waals surface area contributed by atoms with Crippen LogP contribution < -0.4 is 4.74 Å². The second-order valence-corrected chi connectivity index (χ2v) is 10.4. The first-order valence-electron chi connectivity index (χ1n) is 9.90. The molecular formula is C20H21Cl2N3O5S. The molecule has 2 aromatic rings. The highest BCUT2D eigenvalue weighted by molar-refractivity contribution is 7.89. The van der Waals surface area contributed by atoms with Gasteiger partial charge in [-0.15, -0.1) is 0 Å². The van der Waals surface area contributed by atoms with Gasteiger partial charge in [-0.2, -0.15) is 4.31 Å². The molecule has 11 heteroatoms. The van der Waals surface area contributed by atoms with E-state index in [1.54, 1.807) is 0 Å². The van der Waals surface area contributed by atoms with E-state index in [0.29, 0.717) is 23.1 Å². The van der Waals surface area contributed by atoms with Crippen molar-refractivity contribution in [2.24, 2.45) is 0 Å². The molecule has 0 amide bonds. The first-order chi connectivity index (χ1) is 14.7. The number of nitro groups is 1. The maximum atomic E-state index is 13.5. The summed E-state index contributed by atoms with van der Waals surface area (Å²) in [6.45, 7) is 2.65. The van der Waals surface area contributed by atoms with Gasteiger partial charge in [0.25, 0.3) is 5.69 Å². The van der Waals surface area contributed by atoms with E-state index in [9.17, 15) is 18.5 Å². The molecule has 0 N–H and O–H groups in total. The molecule has 2 saturated heterocycles. The van der Waals surface area contributed by atoms with Gasteiger partial charge in [-0.1, -0.05) is 23.2 Å². The number of hydrogen-bond donors (Lipinski definition) is 0. The summed E-state index contributed by atoms with van der Waals surface area (Å²) in [5.74, 6) is 0.215. The lowest BCUT2D eigenvalue weighted by Gasteiger charge is -2.24. The van der Waals surface area contributed by atoms with Crippen molar-refractivity contribution < 1.29 is 18.1 Å². The van der Waals surface area contributed by atoms with Crippen LogP contribution in [0.2, 0.25) is 10.0 Å². The van der Waals surface area contributed by atoms with Gasteiger partial charge in [-0.05, 0) is 56.6 Å². The van der Waals surface area contributed by atoms with Crippen LogP contribution in [0.3, 0.4) is 0 Å². The summed E-state index contributed by atoms with van der Waals surface area (Å²) >= 11 is 12.0. The molecule has 8 nitrogen and oxygen atoms in total. The summed E-state index contributed by atoms with van der Waals surface area (Å²) in [4.78, 5) is 12.7. The van der Waals surface area contributed by atoms with Gasteiger partial charge >= 0.3 is 0 Å². The number of rotatable bonds is 6. The Hall–Kier alpha value is -1.91. The Morgan fingerprint density at radius 2 is 1.71 bits per heavy atom. The summed E-state index contributed by atoms with van der Waals surface area (Å²) in [6, 6.07) is 8.19. The minimum atomic E-state index is -4.02. The van der Waals surface area contributed by atoms with Crippen LogP contribution in [0.5, 0.6) is 11.5 Å². The number of nitro benzene ring substituents is 1. The van der Waals surface area contributed by atoms with Crippen molar-refractivity contribution in [1.82, 2.24) is 9.21 Å². The molecule has 0 spiro atoms. The molecular weight excluding hydrogens is 465 g/mol. The first-order valence-corrected chi connectivity index (χ1v) is 12.1. The number of halogens is 2. The predicted octanol–water partition coefficient (Wildman–Crippen LogP) is 4.55. The zero-order valence-corrected chi connectivity index (χ0v) is 18.9. The number of ether oxygens (including phenoxy) is 1. The van der Waals surface area contributed by atoms with Crippen LogP contribution in [0.15, 0.2) is 41.3 Å². The molecule has 31 heavy (non-hydrogen) atoms. The highest BCUT2D eigenvalue weighted by Gasteiger charge is 2.38. The first kappa shape index (κ1) is 22.3. The third kappa shape index (κ3) is 4.80. The fraction of sp³-hybridized carbons (Fsp3) is 0.400. The van der Waals surface area contributed by atoms with Crippen molar-refractivity contribution in [3.63, 3.8) is 0 Å². The second kappa shape index (κ2) is 8.91. The van der Waals surface area contributed by atoms with Gasteiger partial charge in [0.15, 0.2) is 0 Å².